The molecule has 0 spiro atoms. The van der Waals surface area contributed by atoms with Gasteiger partial charge in [0.25, 0.3) is 0 Å². The molecular formula is C51H33N5. The summed E-state index contributed by atoms with van der Waals surface area (Å²) in [7, 11) is 0. The Morgan fingerprint density at radius 2 is 0.679 bits per heavy atom. The quantitative estimate of drug-likeness (QED) is 0.172. The topological polar surface area (TPSA) is 48.5 Å². The third-order valence-corrected chi connectivity index (χ3v) is 10.8. The SMILES string of the molecule is c1ccc(-c2cccc(-c3nc(-c4cccc5c4c4ccccc4n5-c4ccccc4)nc(-c4cccc5c4c4ccccc4n5-c4ccccc4)n3)c2)cc1. The first kappa shape index (κ1) is 31.9. The van der Waals surface area contributed by atoms with Gasteiger partial charge in [0, 0.05) is 49.6 Å². The van der Waals surface area contributed by atoms with Gasteiger partial charge in [0.1, 0.15) is 0 Å². The van der Waals surface area contributed by atoms with Gasteiger partial charge in [-0.15, -0.1) is 0 Å². The van der Waals surface area contributed by atoms with E-state index in [4.69, 9.17) is 15.0 Å². The Morgan fingerprint density at radius 1 is 0.286 bits per heavy atom. The Morgan fingerprint density at radius 3 is 1.21 bits per heavy atom. The Bertz CT molecular complexity index is 3060. The van der Waals surface area contributed by atoms with Crippen LogP contribution in [0.1, 0.15) is 0 Å². The van der Waals surface area contributed by atoms with Crippen LogP contribution in [0.5, 0.6) is 0 Å². The van der Waals surface area contributed by atoms with Gasteiger partial charge in [0.15, 0.2) is 17.5 Å². The third-order valence-electron chi connectivity index (χ3n) is 10.8. The van der Waals surface area contributed by atoms with Crippen LogP contribution in [0.25, 0.3) is 100 Å². The predicted octanol–water partition coefficient (Wildman–Crippen LogP) is 12.7. The van der Waals surface area contributed by atoms with E-state index in [9.17, 15) is 0 Å². The number of para-hydroxylation sites is 4. The summed E-state index contributed by atoms with van der Waals surface area (Å²) in [6.45, 7) is 0. The molecule has 0 bridgehead atoms. The van der Waals surface area contributed by atoms with Crippen molar-refractivity contribution >= 4 is 43.6 Å². The van der Waals surface area contributed by atoms with E-state index in [0.29, 0.717) is 17.5 Å². The molecule has 0 amide bonds. The van der Waals surface area contributed by atoms with Gasteiger partial charge < -0.3 is 9.13 Å². The highest BCUT2D eigenvalue weighted by Gasteiger charge is 2.22. The molecule has 262 valence electrons. The van der Waals surface area contributed by atoms with Gasteiger partial charge in [-0.3, -0.25) is 0 Å². The number of fused-ring (bicyclic) bond motifs is 6. The molecule has 11 rings (SSSR count). The first-order valence-electron chi connectivity index (χ1n) is 18.9. The smallest absolute Gasteiger partial charge is 0.164 e. The lowest BCUT2D eigenvalue weighted by Gasteiger charge is -2.12. The molecule has 0 N–H and O–H groups in total. The average Bonchev–Trinajstić information content (AvgIpc) is 3.80. The standard InChI is InChI=1S/C51H33N5/c1-4-17-34(18-5-1)35-19-14-20-36(33-35)49-52-50(41-27-15-31-45-47(41)39-25-10-12-29-43(39)55(45)37-21-6-2-7-22-37)54-51(53-49)42-28-16-32-46-48(42)40-26-11-13-30-44(40)56(46)38-23-8-3-9-24-38/h1-33H. The minimum absolute atomic E-state index is 0.621. The van der Waals surface area contributed by atoms with Gasteiger partial charge in [-0.05, 0) is 65.7 Å². The van der Waals surface area contributed by atoms with E-state index in [2.05, 4.69) is 203 Å². The van der Waals surface area contributed by atoms with Gasteiger partial charge in [-0.1, -0.05) is 146 Å². The highest BCUT2D eigenvalue weighted by molar-refractivity contribution is 6.16. The molecule has 0 aliphatic rings. The lowest BCUT2D eigenvalue weighted by atomic mass is 10.0. The van der Waals surface area contributed by atoms with Crippen molar-refractivity contribution in [1.82, 2.24) is 24.1 Å². The average molecular weight is 716 g/mol. The van der Waals surface area contributed by atoms with E-state index < -0.39 is 0 Å². The number of rotatable bonds is 6. The molecule has 8 aromatic carbocycles. The zero-order valence-corrected chi connectivity index (χ0v) is 30.3. The number of nitrogens with zero attached hydrogens (tertiary/aromatic N) is 5. The minimum atomic E-state index is 0.621. The first-order valence-corrected chi connectivity index (χ1v) is 18.9. The molecule has 11 aromatic rings. The number of hydrogen-bond acceptors (Lipinski definition) is 3. The van der Waals surface area contributed by atoms with Crippen LogP contribution in [0.4, 0.5) is 0 Å². The summed E-state index contributed by atoms with van der Waals surface area (Å²) in [5, 5.41) is 4.49. The molecular weight excluding hydrogens is 683 g/mol. The van der Waals surface area contributed by atoms with E-state index in [1.807, 2.05) is 6.07 Å². The fraction of sp³-hybridized carbons (Fsp3) is 0. The first-order chi connectivity index (χ1) is 27.8. The largest absolute Gasteiger partial charge is 0.309 e. The third kappa shape index (κ3) is 5.13. The van der Waals surface area contributed by atoms with Crippen LogP contribution in [-0.2, 0) is 0 Å². The van der Waals surface area contributed by atoms with Crippen LogP contribution in [0.2, 0.25) is 0 Å². The summed E-state index contributed by atoms with van der Waals surface area (Å²) in [5.74, 6) is 1.87. The normalized spacial score (nSPS) is 11.6. The van der Waals surface area contributed by atoms with Crippen LogP contribution in [0.15, 0.2) is 200 Å². The second-order valence-electron chi connectivity index (χ2n) is 14.0. The van der Waals surface area contributed by atoms with E-state index in [1.165, 1.54) is 0 Å². The molecule has 3 aromatic heterocycles. The van der Waals surface area contributed by atoms with Crippen molar-refractivity contribution in [2.24, 2.45) is 0 Å². The van der Waals surface area contributed by atoms with E-state index in [1.54, 1.807) is 0 Å². The number of aromatic nitrogens is 5. The summed E-state index contributed by atoms with van der Waals surface area (Å²) >= 11 is 0. The van der Waals surface area contributed by atoms with Crippen molar-refractivity contribution in [2.75, 3.05) is 0 Å². The summed E-state index contributed by atoms with van der Waals surface area (Å²) < 4.78 is 4.67. The van der Waals surface area contributed by atoms with E-state index in [0.717, 1.165) is 82.8 Å². The second-order valence-corrected chi connectivity index (χ2v) is 14.0. The number of benzene rings is 8. The molecule has 0 unspecified atom stereocenters. The predicted molar refractivity (Wildman–Crippen MR) is 230 cm³/mol. The van der Waals surface area contributed by atoms with Crippen molar-refractivity contribution in [2.45, 2.75) is 0 Å². The monoisotopic (exact) mass is 715 g/mol. The number of hydrogen-bond donors (Lipinski definition) is 0. The molecule has 0 saturated heterocycles. The van der Waals surface area contributed by atoms with Gasteiger partial charge >= 0.3 is 0 Å². The van der Waals surface area contributed by atoms with Crippen molar-refractivity contribution in [3.63, 3.8) is 0 Å². The summed E-state index contributed by atoms with van der Waals surface area (Å²) in [6.07, 6.45) is 0. The maximum absolute atomic E-state index is 5.42. The fourth-order valence-corrected chi connectivity index (χ4v) is 8.34. The maximum atomic E-state index is 5.42. The molecule has 5 heteroatoms. The van der Waals surface area contributed by atoms with Crippen molar-refractivity contribution in [3.05, 3.63) is 200 Å². The minimum Gasteiger partial charge on any atom is -0.309 e. The lowest BCUT2D eigenvalue weighted by molar-refractivity contribution is 1.08. The zero-order valence-electron chi connectivity index (χ0n) is 30.3. The zero-order chi connectivity index (χ0) is 37.0. The van der Waals surface area contributed by atoms with Crippen LogP contribution in [0.3, 0.4) is 0 Å². The highest BCUT2D eigenvalue weighted by atomic mass is 15.0. The van der Waals surface area contributed by atoms with Gasteiger partial charge in [0.2, 0.25) is 0 Å². The molecule has 5 nitrogen and oxygen atoms in total. The van der Waals surface area contributed by atoms with E-state index >= 15 is 0 Å². The van der Waals surface area contributed by atoms with Gasteiger partial charge in [-0.25, -0.2) is 15.0 Å². The Balaban J connectivity index is 1.21. The second kappa shape index (κ2) is 13.0. The Labute approximate surface area is 323 Å². The highest BCUT2D eigenvalue weighted by Crippen LogP contribution is 2.41. The Kier molecular flexibility index (Phi) is 7.42. The van der Waals surface area contributed by atoms with Gasteiger partial charge in [-0.2, -0.15) is 0 Å². The summed E-state index contributed by atoms with van der Waals surface area (Å²) in [4.78, 5) is 16.1. The molecule has 0 aliphatic heterocycles. The molecule has 0 saturated carbocycles. The summed E-state index contributed by atoms with van der Waals surface area (Å²) in [6, 6.07) is 70.2. The lowest BCUT2D eigenvalue weighted by Crippen LogP contribution is -2.01. The summed E-state index contributed by atoms with van der Waals surface area (Å²) in [5.41, 5.74) is 11.7. The van der Waals surface area contributed by atoms with Crippen LogP contribution in [-0.4, -0.2) is 24.1 Å². The van der Waals surface area contributed by atoms with Crippen molar-refractivity contribution in [3.8, 4) is 56.7 Å². The maximum Gasteiger partial charge on any atom is 0.164 e. The van der Waals surface area contributed by atoms with Crippen molar-refractivity contribution in [1.29, 1.82) is 0 Å². The van der Waals surface area contributed by atoms with Crippen molar-refractivity contribution < 1.29 is 0 Å². The molecule has 0 fully saturated rings. The van der Waals surface area contributed by atoms with Crippen LogP contribution >= 0.6 is 0 Å². The molecule has 0 radical (unpaired) electrons. The van der Waals surface area contributed by atoms with Crippen LogP contribution < -0.4 is 0 Å². The molecule has 3 heterocycles. The Hall–Kier alpha value is -7.63. The molecule has 56 heavy (non-hydrogen) atoms. The van der Waals surface area contributed by atoms with E-state index in [-0.39, 0.29) is 0 Å². The fourth-order valence-electron chi connectivity index (χ4n) is 8.34. The molecule has 0 atom stereocenters. The van der Waals surface area contributed by atoms with Crippen LogP contribution in [0, 0.1) is 0 Å². The van der Waals surface area contributed by atoms with Gasteiger partial charge in [0.05, 0.1) is 22.1 Å². The molecule has 0 aliphatic carbocycles.